The number of hydroxylamine groups is 2. The van der Waals surface area contributed by atoms with Crippen LogP contribution in [0.2, 0.25) is 0 Å². The van der Waals surface area contributed by atoms with Gasteiger partial charge in [-0.15, -0.1) is 5.48 Å². The van der Waals surface area contributed by atoms with Crippen molar-refractivity contribution < 1.29 is 24.4 Å². The summed E-state index contributed by atoms with van der Waals surface area (Å²) < 4.78 is 4.01. The minimum absolute atomic E-state index is 0.941. The molecule has 0 radical (unpaired) electrons. The minimum Gasteiger partial charge on any atom is -0.451 e. The third-order valence-corrected chi connectivity index (χ3v) is 0.504. The highest BCUT2D eigenvalue weighted by Crippen LogP contribution is 1.72. The molecule has 0 aliphatic carbocycles. The Morgan fingerprint density at radius 1 is 1.40 bits per heavy atom. The Kier molecular flexibility index (Phi) is 3.73. The Labute approximate surface area is 55.8 Å². The molecule has 0 spiro atoms. The second-order valence-corrected chi connectivity index (χ2v) is 1.09. The van der Waals surface area contributed by atoms with Crippen molar-refractivity contribution in [3.05, 3.63) is 0 Å². The molecular formula is C3H6N2O5. The van der Waals surface area contributed by atoms with Crippen LogP contribution in [-0.4, -0.2) is 24.5 Å². The summed E-state index contributed by atoms with van der Waals surface area (Å²) in [6.07, 6.45) is -2.14. The number of carbonyl (C=O) groups excluding carboxylic acids is 2. The lowest BCUT2D eigenvalue weighted by Crippen LogP contribution is -2.31. The van der Waals surface area contributed by atoms with Gasteiger partial charge < -0.3 is 9.57 Å². The van der Waals surface area contributed by atoms with Crippen LogP contribution in [0.5, 0.6) is 0 Å². The molecule has 0 rings (SSSR count). The normalized spacial score (nSPS) is 7.80. The molecule has 3 N–H and O–H groups in total. The summed E-state index contributed by atoms with van der Waals surface area (Å²) in [6, 6.07) is 0. The predicted octanol–water partition coefficient (Wildman–Crippen LogP) is -0.627. The van der Waals surface area contributed by atoms with Crippen molar-refractivity contribution in [2.75, 3.05) is 7.11 Å². The van der Waals surface area contributed by atoms with Crippen LogP contribution in [0.4, 0.5) is 9.59 Å². The summed E-state index contributed by atoms with van der Waals surface area (Å²) >= 11 is 0. The van der Waals surface area contributed by atoms with E-state index in [-0.39, 0.29) is 0 Å². The number of hydrogen-bond acceptors (Lipinski definition) is 5. The van der Waals surface area contributed by atoms with Crippen molar-refractivity contribution in [2.45, 2.75) is 0 Å². The van der Waals surface area contributed by atoms with Gasteiger partial charge in [-0.25, -0.2) is 15.1 Å². The highest BCUT2D eigenvalue weighted by Gasteiger charge is 2.02. The average molecular weight is 150 g/mol. The predicted molar refractivity (Wildman–Crippen MR) is 26.9 cm³/mol. The van der Waals surface area contributed by atoms with Crippen molar-refractivity contribution in [1.29, 1.82) is 0 Å². The fraction of sp³-hybridized carbons (Fsp3) is 0.333. The van der Waals surface area contributed by atoms with Gasteiger partial charge in [-0.05, 0) is 0 Å². The number of hydrogen-bond donors (Lipinski definition) is 3. The number of methoxy groups -OCH3 is 1. The first-order valence-electron chi connectivity index (χ1n) is 2.15. The summed E-state index contributed by atoms with van der Waals surface area (Å²) in [5.41, 5.74) is 2.66. The molecule has 0 saturated carbocycles. The zero-order chi connectivity index (χ0) is 7.98. The van der Waals surface area contributed by atoms with E-state index >= 15 is 0 Å². The molecule has 0 aliphatic rings. The summed E-state index contributed by atoms with van der Waals surface area (Å²) in [5, 5.41) is 7.80. The highest BCUT2D eigenvalue weighted by molar-refractivity contribution is 5.70. The van der Waals surface area contributed by atoms with Crippen LogP contribution in [0.15, 0.2) is 0 Å². The molecular weight excluding hydrogens is 144 g/mol. The number of amides is 2. The van der Waals surface area contributed by atoms with E-state index in [0.29, 0.717) is 0 Å². The molecule has 0 unspecified atom stereocenters. The van der Waals surface area contributed by atoms with Crippen LogP contribution in [-0.2, 0) is 9.57 Å². The molecule has 0 heterocycles. The molecule has 10 heavy (non-hydrogen) atoms. The van der Waals surface area contributed by atoms with Gasteiger partial charge >= 0.3 is 12.2 Å². The lowest BCUT2D eigenvalue weighted by Gasteiger charge is -2.00. The summed E-state index contributed by atoms with van der Waals surface area (Å²) in [4.78, 5) is 23.9. The molecule has 58 valence electrons. The molecule has 0 aromatic rings. The molecule has 0 fully saturated rings. The van der Waals surface area contributed by atoms with E-state index in [0.717, 1.165) is 12.6 Å². The van der Waals surface area contributed by atoms with E-state index in [1.807, 2.05) is 0 Å². The monoisotopic (exact) mass is 150 g/mol. The maximum Gasteiger partial charge on any atom is 0.455 e. The van der Waals surface area contributed by atoms with E-state index in [2.05, 4.69) is 9.57 Å². The molecule has 7 heteroatoms. The Bertz CT molecular complexity index is 119. The molecule has 0 bridgehead atoms. The van der Waals surface area contributed by atoms with Crippen LogP contribution < -0.4 is 11.0 Å². The van der Waals surface area contributed by atoms with E-state index in [1.165, 1.54) is 0 Å². The van der Waals surface area contributed by atoms with Crippen LogP contribution in [0, 0.1) is 0 Å². The Hall–Kier alpha value is -1.50. The molecule has 0 aliphatic heterocycles. The van der Waals surface area contributed by atoms with E-state index in [1.54, 1.807) is 5.48 Å². The van der Waals surface area contributed by atoms with Crippen LogP contribution in [0.25, 0.3) is 0 Å². The van der Waals surface area contributed by atoms with E-state index < -0.39 is 12.2 Å². The van der Waals surface area contributed by atoms with Crippen LogP contribution >= 0.6 is 0 Å². The van der Waals surface area contributed by atoms with Gasteiger partial charge in [0.25, 0.3) is 0 Å². The Balaban J connectivity index is 3.35. The van der Waals surface area contributed by atoms with Crippen molar-refractivity contribution in [3.8, 4) is 0 Å². The van der Waals surface area contributed by atoms with Gasteiger partial charge in [-0.3, -0.25) is 5.21 Å². The summed E-state index contributed by atoms with van der Waals surface area (Å²) in [6.45, 7) is 0. The first-order valence-corrected chi connectivity index (χ1v) is 2.15. The molecule has 7 nitrogen and oxygen atoms in total. The second-order valence-electron chi connectivity index (χ2n) is 1.09. The fourth-order valence-electron chi connectivity index (χ4n) is 0.153. The maximum absolute atomic E-state index is 10.1. The topological polar surface area (TPSA) is 96.9 Å². The van der Waals surface area contributed by atoms with Gasteiger partial charge in [0, 0.05) is 0 Å². The van der Waals surface area contributed by atoms with Gasteiger partial charge in [0.05, 0.1) is 7.11 Å². The first kappa shape index (κ1) is 8.50. The number of rotatable bonds is 0. The maximum atomic E-state index is 10.1. The fourth-order valence-corrected chi connectivity index (χ4v) is 0.153. The van der Waals surface area contributed by atoms with Crippen molar-refractivity contribution in [3.63, 3.8) is 0 Å². The van der Waals surface area contributed by atoms with Gasteiger partial charge in [0.2, 0.25) is 0 Å². The third kappa shape index (κ3) is 3.50. The number of carbonyl (C=O) groups is 2. The lowest BCUT2D eigenvalue weighted by atomic mass is 11.2. The van der Waals surface area contributed by atoms with Gasteiger partial charge in [-0.1, -0.05) is 0 Å². The quantitative estimate of drug-likeness (QED) is 0.315. The molecule has 2 amide bonds. The Morgan fingerprint density at radius 3 is 2.40 bits per heavy atom. The third-order valence-electron chi connectivity index (χ3n) is 0.504. The zero-order valence-electron chi connectivity index (χ0n) is 5.08. The second kappa shape index (κ2) is 4.39. The standard InChI is InChI=1S/C3H6N2O5/c1-9-3(7)5-10-2(6)4-8/h8H,1H3,(H,4,6)(H,5,7). The van der Waals surface area contributed by atoms with Crippen molar-refractivity contribution >= 4 is 12.2 Å². The van der Waals surface area contributed by atoms with Crippen LogP contribution in [0.3, 0.4) is 0 Å². The molecule has 0 aromatic heterocycles. The Morgan fingerprint density at radius 2 is 2.00 bits per heavy atom. The number of nitrogens with one attached hydrogen (secondary N) is 2. The van der Waals surface area contributed by atoms with E-state index in [4.69, 9.17) is 5.21 Å². The van der Waals surface area contributed by atoms with Gasteiger partial charge in [0.15, 0.2) is 0 Å². The zero-order valence-corrected chi connectivity index (χ0v) is 5.08. The lowest BCUT2D eigenvalue weighted by molar-refractivity contribution is 0.0446. The SMILES string of the molecule is COC(=O)NOC(=O)NO. The minimum atomic E-state index is -1.20. The average Bonchev–Trinajstić information content (AvgIpc) is 1.99. The van der Waals surface area contributed by atoms with Gasteiger partial charge in [-0.2, -0.15) is 0 Å². The summed E-state index contributed by atoms with van der Waals surface area (Å²) in [5.74, 6) is 0. The van der Waals surface area contributed by atoms with Crippen molar-refractivity contribution in [2.24, 2.45) is 0 Å². The molecule has 0 atom stereocenters. The highest BCUT2D eigenvalue weighted by atomic mass is 16.7. The molecule has 0 aromatic carbocycles. The summed E-state index contributed by atoms with van der Waals surface area (Å²) in [7, 11) is 1.09. The molecule has 0 saturated heterocycles. The van der Waals surface area contributed by atoms with Crippen molar-refractivity contribution in [1.82, 2.24) is 11.0 Å². The number of ether oxygens (including phenoxy) is 1. The van der Waals surface area contributed by atoms with Crippen LogP contribution in [0.1, 0.15) is 0 Å². The first-order chi connectivity index (χ1) is 4.70. The van der Waals surface area contributed by atoms with E-state index in [9.17, 15) is 9.59 Å². The largest absolute Gasteiger partial charge is 0.455 e. The van der Waals surface area contributed by atoms with Gasteiger partial charge in [0.1, 0.15) is 0 Å². The smallest absolute Gasteiger partial charge is 0.451 e.